The number of nitrogens with one attached hydrogen (secondary N) is 1. The molecule has 0 saturated heterocycles. The van der Waals surface area contributed by atoms with Gasteiger partial charge in [-0.2, -0.15) is 0 Å². The number of aromatic nitrogens is 1. The molecule has 23 heavy (non-hydrogen) atoms. The molecular formula is C18H18N2O3. The quantitative estimate of drug-likeness (QED) is 0.917. The molecule has 5 nitrogen and oxygen atoms in total. The number of hydrogen-bond donors (Lipinski definition) is 1. The molecule has 1 saturated carbocycles. The van der Waals surface area contributed by atoms with Gasteiger partial charge in [-0.15, -0.1) is 0 Å². The molecule has 2 heterocycles. The second kappa shape index (κ2) is 5.57. The minimum absolute atomic E-state index is 0.168. The summed E-state index contributed by atoms with van der Waals surface area (Å²) in [7, 11) is 0. The third kappa shape index (κ3) is 2.74. The lowest BCUT2D eigenvalue weighted by Gasteiger charge is -2.31. The van der Waals surface area contributed by atoms with Crippen molar-refractivity contribution in [2.75, 3.05) is 5.32 Å². The third-order valence-electron chi connectivity index (χ3n) is 4.35. The molecule has 2 aliphatic rings. The van der Waals surface area contributed by atoms with Crippen LogP contribution >= 0.6 is 0 Å². The normalized spacial score (nSPS) is 17.9. The van der Waals surface area contributed by atoms with E-state index in [0.29, 0.717) is 17.0 Å². The first-order valence-corrected chi connectivity index (χ1v) is 7.98. The van der Waals surface area contributed by atoms with E-state index in [0.717, 1.165) is 31.4 Å². The van der Waals surface area contributed by atoms with Crippen LogP contribution in [0.1, 0.15) is 42.5 Å². The van der Waals surface area contributed by atoms with Gasteiger partial charge in [0.15, 0.2) is 11.5 Å². The second-order valence-corrected chi connectivity index (χ2v) is 6.03. The summed E-state index contributed by atoms with van der Waals surface area (Å²) in [6.07, 6.45) is 8.51. The third-order valence-corrected chi connectivity index (χ3v) is 4.35. The van der Waals surface area contributed by atoms with Gasteiger partial charge >= 0.3 is 0 Å². The standard InChI is InChI=1S/C18H18N2O3/c21-17(13-6-10-19-11-7-13)20-14-4-5-15-16(12-14)23-18(22-15)8-2-1-3-9-18/h4-7,10-12H,1-3,8-9H2,(H,20,21). The van der Waals surface area contributed by atoms with Gasteiger partial charge in [-0.3, -0.25) is 9.78 Å². The molecule has 1 aromatic heterocycles. The number of nitrogens with zero attached hydrogens (tertiary/aromatic N) is 1. The lowest BCUT2D eigenvalue weighted by Crippen LogP contribution is -2.40. The number of amides is 1. The molecule has 1 amide bonds. The molecule has 1 aliphatic carbocycles. The maximum absolute atomic E-state index is 12.2. The zero-order chi connectivity index (χ0) is 15.7. The summed E-state index contributed by atoms with van der Waals surface area (Å²) in [5.74, 6) is 0.806. The first kappa shape index (κ1) is 14.1. The number of anilines is 1. The van der Waals surface area contributed by atoms with Crippen molar-refractivity contribution >= 4 is 11.6 Å². The van der Waals surface area contributed by atoms with Crippen molar-refractivity contribution < 1.29 is 14.3 Å². The Morgan fingerprint density at radius 1 is 1.00 bits per heavy atom. The molecule has 1 N–H and O–H groups in total. The van der Waals surface area contributed by atoms with Crippen molar-refractivity contribution in [3.63, 3.8) is 0 Å². The summed E-state index contributed by atoms with van der Waals surface area (Å²) in [6, 6.07) is 8.89. The Hall–Kier alpha value is -2.56. The summed E-state index contributed by atoms with van der Waals surface area (Å²) >= 11 is 0. The fourth-order valence-corrected chi connectivity index (χ4v) is 3.17. The molecule has 1 spiro atoms. The Morgan fingerprint density at radius 3 is 2.52 bits per heavy atom. The number of carbonyl (C=O) groups is 1. The number of ether oxygens (including phenoxy) is 2. The number of pyridine rings is 1. The van der Waals surface area contributed by atoms with Crippen LogP contribution in [0.25, 0.3) is 0 Å². The van der Waals surface area contributed by atoms with E-state index >= 15 is 0 Å². The molecule has 1 aromatic carbocycles. The van der Waals surface area contributed by atoms with Gasteiger partial charge < -0.3 is 14.8 Å². The predicted molar refractivity (Wildman–Crippen MR) is 85.7 cm³/mol. The summed E-state index contributed by atoms with van der Waals surface area (Å²) in [4.78, 5) is 16.1. The largest absolute Gasteiger partial charge is 0.448 e. The monoisotopic (exact) mass is 310 g/mol. The van der Waals surface area contributed by atoms with E-state index in [1.54, 1.807) is 24.5 Å². The zero-order valence-corrected chi connectivity index (χ0v) is 12.7. The van der Waals surface area contributed by atoms with Crippen molar-refractivity contribution in [1.29, 1.82) is 0 Å². The molecule has 118 valence electrons. The van der Waals surface area contributed by atoms with E-state index in [-0.39, 0.29) is 5.91 Å². The number of fused-ring (bicyclic) bond motifs is 1. The summed E-state index contributed by atoms with van der Waals surface area (Å²) in [6.45, 7) is 0. The van der Waals surface area contributed by atoms with E-state index in [9.17, 15) is 4.79 Å². The van der Waals surface area contributed by atoms with Gasteiger partial charge in [-0.25, -0.2) is 0 Å². The lowest BCUT2D eigenvalue weighted by molar-refractivity contribution is -0.105. The number of rotatable bonds is 2. The first-order chi connectivity index (χ1) is 11.2. The smallest absolute Gasteiger partial charge is 0.255 e. The molecule has 0 radical (unpaired) electrons. The second-order valence-electron chi connectivity index (χ2n) is 6.03. The van der Waals surface area contributed by atoms with Gasteiger partial charge in [0.25, 0.3) is 11.7 Å². The van der Waals surface area contributed by atoms with Gasteiger partial charge in [-0.1, -0.05) is 6.42 Å². The van der Waals surface area contributed by atoms with Crippen LogP contribution in [0.15, 0.2) is 42.7 Å². The van der Waals surface area contributed by atoms with Crippen molar-refractivity contribution in [1.82, 2.24) is 4.98 Å². The highest BCUT2D eigenvalue weighted by Gasteiger charge is 2.42. The molecule has 0 bridgehead atoms. The predicted octanol–water partition coefficient (Wildman–Crippen LogP) is 3.77. The van der Waals surface area contributed by atoms with E-state index in [4.69, 9.17) is 9.47 Å². The zero-order valence-electron chi connectivity index (χ0n) is 12.7. The Bertz CT molecular complexity index is 724. The van der Waals surface area contributed by atoms with Gasteiger partial charge in [0, 0.05) is 42.6 Å². The van der Waals surface area contributed by atoms with Crippen molar-refractivity contribution in [3.05, 3.63) is 48.3 Å². The van der Waals surface area contributed by atoms with E-state index < -0.39 is 5.79 Å². The Morgan fingerprint density at radius 2 is 1.74 bits per heavy atom. The van der Waals surface area contributed by atoms with E-state index in [1.807, 2.05) is 18.2 Å². The number of benzene rings is 1. The minimum atomic E-state index is -0.492. The molecule has 1 aliphatic heterocycles. The highest BCUT2D eigenvalue weighted by molar-refractivity contribution is 6.04. The van der Waals surface area contributed by atoms with Gasteiger partial charge in [0.05, 0.1) is 0 Å². The average molecular weight is 310 g/mol. The Balaban J connectivity index is 1.51. The lowest BCUT2D eigenvalue weighted by atomic mass is 9.94. The van der Waals surface area contributed by atoms with E-state index in [2.05, 4.69) is 10.3 Å². The molecule has 1 fully saturated rings. The van der Waals surface area contributed by atoms with Crippen LogP contribution in [0.4, 0.5) is 5.69 Å². The highest BCUT2D eigenvalue weighted by atomic mass is 16.7. The Labute approximate surface area is 134 Å². The van der Waals surface area contributed by atoms with E-state index in [1.165, 1.54) is 6.42 Å². The van der Waals surface area contributed by atoms with Crippen molar-refractivity contribution in [3.8, 4) is 11.5 Å². The summed E-state index contributed by atoms with van der Waals surface area (Å²) in [5, 5.41) is 2.88. The van der Waals surface area contributed by atoms with Gasteiger partial charge in [0.1, 0.15) is 0 Å². The first-order valence-electron chi connectivity index (χ1n) is 7.98. The summed E-state index contributed by atoms with van der Waals surface area (Å²) < 4.78 is 12.1. The maximum Gasteiger partial charge on any atom is 0.255 e. The van der Waals surface area contributed by atoms with Crippen LogP contribution in [-0.2, 0) is 0 Å². The van der Waals surface area contributed by atoms with Gasteiger partial charge in [-0.05, 0) is 37.1 Å². The van der Waals surface area contributed by atoms with Crippen molar-refractivity contribution in [2.24, 2.45) is 0 Å². The Kier molecular flexibility index (Phi) is 3.41. The van der Waals surface area contributed by atoms with Crippen LogP contribution in [-0.4, -0.2) is 16.7 Å². The molecule has 0 unspecified atom stereocenters. The minimum Gasteiger partial charge on any atom is -0.448 e. The SMILES string of the molecule is O=C(Nc1ccc2c(c1)OC1(CCCCC1)O2)c1ccncc1. The van der Waals surface area contributed by atoms with Crippen molar-refractivity contribution in [2.45, 2.75) is 37.9 Å². The fraction of sp³-hybridized carbons (Fsp3) is 0.333. The summed E-state index contributed by atoms with van der Waals surface area (Å²) in [5.41, 5.74) is 1.27. The van der Waals surface area contributed by atoms with Crippen LogP contribution in [0.3, 0.4) is 0 Å². The molecule has 5 heteroatoms. The molecule has 0 atom stereocenters. The highest BCUT2D eigenvalue weighted by Crippen LogP contribution is 2.46. The molecule has 4 rings (SSSR count). The topological polar surface area (TPSA) is 60.5 Å². The fourth-order valence-electron chi connectivity index (χ4n) is 3.17. The molecule has 2 aromatic rings. The van der Waals surface area contributed by atoms with Crippen LogP contribution in [0.2, 0.25) is 0 Å². The number of carbonyl (C=O) groups excluding carboxylic acids is 1. The maximum atomic E-state index is 12.2. The average Bonchev–Trinajstić information content (AvgIpc) is 2.93. The van der Waals surface area contributed by atoms with Gasteiger partial charge in [0.2, 0.25) is 0 Å². The number of hydrogen-bond acceptors (Lipinski definition) is 4. The molecular weight excluding hydrogens is 292 g/mol. The van der Waals surface area contributed by atoms with Crippen LogP contribution in [0.5, 0.6) is 11.5 Å². The van der Waals surface area contributed by atoms with Crippen LogP contribution < -0.4 is 14.8 Å². The van der Waals surface area contributed by atoms with Crippen LogP contribution in [0, 0.1) is 0 Å².